The monoisotopic (exact) mass is 289 g/mol. The van der Waals surface area contributed by atoms with Crippen LogP contribution in [0.15, 0.2) is 18.2 Å². The van der Waals surface area contributed by atoms with Crippen LogP contribution in [0.5, 0.6) is 0 Å². The van der Waals surface area contributed by atoms with Gasteiger partial charge in [-0.25, -0.2) is 5.06 Å². The summed E-state index contributed by atoms with van der Waals surface area (Å²) in [5.41, 5.74) is 1.90. The number of carbonyl (C=O) groups excluding carboxylic acids is 3. The molecule has 0 spiro atoms. The second kappa shape index (κ2) is 6.18. The maximum atomic E-state index is 12.3. The minimum absolute atomic E-state index is 0.0324. The predicted octanol–water partition coefficient (Wildman–Crippen LogP) is 2.18. The summed E-state index contributed by atoms with van der Waals surface area (Å²) in [7, 11) is 0. The van der Waals surface area contributed by atoms with Gasteiger partial charge in [0.2, 0.25) is 0 Å². The third kappa shape index (κ3) is 3.19. The Kier molecular flexibility index (Phi) is 4.53. The van der Waals surface area contributed by atoms with Crippen molar-refractivity contribution in [1.82, 2.24) is 5.06 Å². The highest BCUT2D eigenvalue weighted by Gasteiger charge is 2.34. The van der Waals surface area contributed by atoms with Crippen LogP contribution in [-0.2, 0) is 9.63 Å². The number of hydrogen-bond acceptors (Lipinski definition) is 4. The van der Waals surface area contributed by atoms with E-state index < -0.39 is 5.92 Å². The number of hydrogen-bond donors (Lipinski definition) is 0. The summed E-state index contributed by atoms with van der Waals surface area (Å²) >= 11 is 0. The first-order valence-electron chi connectivity index (χ1n) is 7.03. The fourth-order valence-electron chi connectivity index (χ4n) is 2.44. The van der Waals surface area contributed by atoms with Crippen LogP contribution in [0.3, 0.4) is 0 Å². The number of rotatable bonds is 5. The molecule has 1 aromatic rings. The lowest BCUT2D eigenvalue weighted by Crippen LogP contribution is -2.27. The SMILES string of the molecule is CCN1OC[C@@H](CC(=O)c2ccc(C(C)=O)cc2C)C1=O. The fraction of sp³-hybridized carbons (Fsp3) is 0.438. The molecule has 112 valence electrons. The molecule has 21 heavy (non-hydrogen) atoms. The molecule has 5 heteroatoms. The summed E-state index contributed by atoms with van der Waals surface area (Å²) in [5, 5.41) is 1.30. The van der Waals surface area contributed by atoms with Crippen molar-refractivity contribution < 1.29 is 19.2 Å². The maximum Gasteiger partial charge on any atom is 0.252 e. The van der Waals surface area contributed by atoms with E-state index in [-0.39, 0.29) is 30.5 Å². The molecular formula is C16H19NO4. The van der Waals surface area contributed by atoms with Crippen molar-refractivity contribution in [3.8, 4) is 0 Å². The van der Waals surface area contributed by atoms with E-state index in [4.69, 9.17) is 4.84 Å². The van der Waals surface area contributed by atoms with Gasteiger partial charge in [-0.2, -0.15) is 0 Å². The molecule has 5 nitrogen and oxygen atoms in total. The Balaban J connectivity index is 2.11. The standard InChI is InChI=1S/C16H19NO4/c1-4-17-16(20)13(9-21-17)8-15(19)14-6-5-12(11(3)18)7-10(14)2/h5-7,13H,4,8-9H2,1-3H3/t13-/m1/s1. The van der Waals surface area contributed by atoms with E-state index in [0.29, 0.717) is 17.7 Å². The maximum absolute atomic E-state index is 12.3. The smallest absolute Gasteiger partial charge is 0.252 e. The molecule has 0 saturated carbocycles. The van der Waals surface area contributed by atoms with Gasteiger partial charge in [0.25, 0.3) is 5.91 Å². The minimum Gasteiger partial charge on any atom is -0.295 e. The molecule has 1 atom stereocenters. The minimum atomic E-state index is -0.413. The third-order valence-electron chi connectivity index (χ3n) is 3.68. The van der Waals surface area contributed by atoms with Crippen LogP contribution in [0.4, 0.5) is 0 Å². The first-order chi connectivity index (χ1) is 9.93. The molecule has 1 heterocycles. The van der Waals surface area contributed by atoms with E-state index in [1.54, 1.807) is 25.1 Å². The molecule has 0 aliphatic carbocycles. The van der Waals surface area contributed by atoms with Crippen LogP contribution < -0.4 is 0 Å². The Morgan fingerprint density at radius 2 is 2.10 bits per heavy atom. The second-order valence-electron chi connectivity index (χ2n) is 5.24. The van der Waals surface area contributed by atoms with Gasteiger partial charge in [0.1, 0.15) is 0 Å². The zero-order chi connectivity index (χ0) is 15.6. The van der Waals surface area contributed by atoms with Crippen molar-refractivity contribution in [2.24, 2.45) is 5.92 Å². The largest absolute Gasteiger partial charge is 0.295 e. The summed E-state index contributed by atoms with van der Waals surface area (Å²) in [5.74, 6) is -0.675. The molecule has 2 rings (SSSR count). The molecule has 1 aliphatic heterocycles. The van der Waals surface area contributed by atoms with E-state index in [1.165, 1.54) is 12.0 Å². The van der Waals surface area contributed by atoms with E-state index in [0.717, 1.165) is 5.56 Å². The van der Waals surface area contributed by atoms with Crippen molar-refractivity contribution >= 4 is 17.5 Å². The highest BCUT2D eigenvalue weighted by atomic mass is 16.7. The fourth-order valence-corrected chi connectivity index (χ4v) is 2.44. The highest BCUT2D eigenvalue weighted by molar-refractivity contribution is 6.01. The molecule has 0 unspecified atom stereocenters. The van der Waals surface area contributed by atoms with Crippen LogP contribution in [0.1, 0.15) is 46.5 Å². The molecular weight excluding hydrogens is 270 g/mol. The zero-order valence-electron chi connectivity index (χ0n) is 12.5. The van der Waals surface area contributed by atoms with Crippen LogP contribution in [0.2, 0.25) is 0 Å². The summed E-state index contributed by atoms with van der Waals surface area (Å²) in [6.45, 7) is 5.85. The van der Waals surface area contributed by atoms with Gasteiger partial charge in [0.05, 0.1) is 12.5 Å². The lowest BCUT2D eigenvalue weighted by Gasteiger charge is -2.11. The Bertz CT molecular complexity index is 594. The number of ketones is 2. The Labute approximate surface area is 123 Å². The lowest BCUT2D eigenvalue weighted by atomic mass is 9.94. The zero-order valence-corrected chi connectivity index (χ0v) is 12.5. The highest BCUT2D eigenvalue weighted by Crippen LogP contribution is 2.21. The average molecular weight is 289 g/mol. The molecule has 0 radical (unpaired) electrons. The van der Waals surface area contributed by atoms with Gasteiger partial charge in [-0.05, 0) is 32.4 Å². The predicted molar refractivity (Wildman–Crippen MR) is 77.0 cm³/mol. The van der Waals surface area contributed by atoms with Crippen molar-refractivity contribution in [2.75, 3.05) is 13.2 Å². The van der Waals surface area contributed by atoms with E-state index in [9.17, 15) is 14.4 Å². The van der Waals surface area contributed by atoms with Crippen LogP contribution in [0, 0.1) is 12.8 Å². The quantitative estimate of drug-likeness (QED) is 0.779. The topological polar surface area (TPSA) is 63.7 Å². The lowest BCUT2D eigenvalue weighted by molar-refractivity contribution is -0.160. The molecule has 0 N–H and O–H groups in total. The number of benzene rings is 1. The summed E-state index contributed by atoms with van der Waals surface area (Å²) in [6.07, 6.45) is 0.135. The van der Waals surface area contributed by atoms with Crippen molar-refractivity contribution in [3.05, 3.63) is 34.9 Å². The van der Waals surface area contributed by atoms with E-state index in [2.05, 4.69) is 0 Å². The van der Waals surface area contributed by atoms with Gasteiger partial charge < -0.3 is 0 Å². The Morgan fingerprint density at radius 1 is 1.38 bits per heavy atom. The van der Waals surface area contributed by atoms with Gasteiger partial charge in [-0.15, -0.1) is 0 Å². The molecule has 1 amide bonds. The third-order valence-corrected chi connectivity index (χ3v) is 3.68. The first-order valence-corrected chi connectivity index (χ1v) is 7.03. The number of amides is 1. The molecule has 0 aromatic heterocycles. The van der Waals surface area contributed by atoms with Gasteiger partial charge >= 0.3 is 0 Å². The average Bonchev–Trinajstić information content (AvgIpc) is 2.79. The van der Waals surface area contributed by atoms with E-state index in [1.807, 2.05) is 6.92 Å². The van der Waals surface area contributed by atoms with Gasteiger partial charge in [-0.1, -0.05) is 12.1 Å². The van der Waals surface area contributed by atoms with Crippen LogP contribution in [0.25, 0.3) is 0 Å². The van der Waals surface area contributed by atoms with Gasteiger partial charge in [0.15, 0.2) is 11.6 Å². The number of carbonyl (C=O) groups is 3. The number of hydroxylamine groups is 2. The molecule has 1 fully saturated rings. The van der Waals surface area contributed by atoms with Crippen LogP contribution >= 0.6 is 0 Å². The molecule has 1 aliphatic rings. The van der Waals surface area contributed by atoms with Gasteiger partial charge in [-0.3, -0.25) is 19.2 Å². The Hall–Kier alpha value is -2.01. The first kappa shape index (κ1) is 15.4. The molecule has 0 bridgehead atoms. The van der Waals surface area contributed by atoms with Crippen molar-refractivity contribution in [1.29, 1.82) is 0 Å². The Morgan fingerprint density at radius 3 is 2.62 bits per heavy atom. The molecule has 1 aromatic carbocycles. The summed E-state index contributed by atoms with van der Waals surface area (Å²) in [6, 6.07) is 5.01. The normalized spacial score (nSPS) is 18.1. The summed E-state index contributed by atoms with van der Waals surface area (Å²) < 4.78 is 0. The summed E-state index contributed by atoms with van der Waals surface area (Å²) in [4.78, 5) is 40.8. The number of Topliss-reactive ketones (excluding diaryl/α,β-unsaturated/α-hetero) is 2. The number of aryl methyl sites for hydroxylation is 1. The molecule has 1 saturated heterocycles. The number of nitrogens with zero attached hydrogens (tertiary/aromatic N) is 1. The van der Waals surface area contributed by atoms with Gasteiger partial charge in [0, 0.05) is 24.1 Å². The second-order valence-corrected chi connectivity index (χ2v) is 5.24. The van der Waals surface area contributed by atoms with Crippen molar-refractivity contribution in [3.63, 3.8) is 0 Å². The van der Waals surface area contributed by atoms with Crippen LogP contribution in [-0.4, -0.2) is 35.7 Å². The van der Waals surface area contributed by atoms with Crippen molar-refractivity contribution in [2.45, 2.75) is 27.2 Å². The van der Waals surface area contributed by atoms with E-state index >= 15 is 0 Å².